The number of halogens is 1. The molecule has 0 aromatic carbocycles. The monoisotopic (exact) mass is 363 g/mol. The molecule has 3 amide bonds. The van der Waals surface area contributed by atoms with E-state index in [1.54, 1.807) is 12.1 Å². The molecule has 0 saturated carbocycles. The Morgan fingerprint density at radius 2 is 2.16 bits per heavy atom. The first-order valence-corrected chi connectivity index (χ1v) is 7.92. The Bertz CT molecular complexity index is 520. The molecule has 2 rings (SSSR count). The molecule has 2 N–H and O–H groups in total. The smallest absolute Gasteiger partial charge is 0.282 e. The van der Waals surface area contributed by atoms with Gasteiger partial charge in [0.2, 0.25) is 0 Å². The maximum absolute atomic E-state index is 11.6. The van der Waals surface area contributed by atoms with Gasteiger partial charge in [0, 0.05) is 12.3 Å². The van der Waals surface area contributed by atoms with Crippen LogP contribution in [0.5, 0.6) is 0 Å². The minimum Gasteiger partial charge on any atom is -0.323 e. The van der Waals surface area contributed by atoms with Crippen molar-refractivity contribution in [3.8, 4) is 0 Å². The molecule has 9 heteroatoms. The van der Waals surface area contributed by atoms with Crippen molar-refractivity contribution in [1.82, 2.24) is 15.8 Å². The van der Waals surface area contributed by atoms with E-state index >= 15 is 0 Å². The summed E-state index contributed by atoms with van der Waals surface area (Å²) in [6, 6.07) is 3.40. The third kappa shape index (κ3) is 3.95. The van der Waals surface area contributed by atoms with Crippen molar-refractivity contribution < 1.29 is 14.4 Å². The maximum atomic E-state index is 11.6. The van der Waals surface area contributed by atoms with Crippen molar-refractivity contribution in [3.05, 3.63) is 20.8 Å². The second-order valence-electron chi connectivity index (χ2n) is 3.64. The Morgan fingerprint density at radius 1 is 1.37 bits per heavy atom. The Morgan fingerprint density at radius 3 is 2.74 bits per heavy atom. The highest BCUT2D eigenvalue weighted by Gasteiger charge is 2.23. The van der Waals surface area contributed by atoms with E-state index in [0.29, 0.717) is 17.2 Å². The van der Waals surface area contributed by atoms with Crippen molar-refractivity contribution >= 4 is 56.1 Å². The fourth-order valence-corrected chi connectivity index (χ4v) is 3.51. The zero-order valence-electron chi connectivity index (χ0n) is 9.64. The van der Waals surface area contributed by atoms with E-state index in [1.807, 2.05) is 0 Å². The molecule has 1 aromatic heterocycles. The Kier molecular flexibility index (Phi) is 4.83. The van der Waals surface area contributed by atoms with Gasteiger partial charge in [-0.2, -0.15) is 0 Å². The normalized spacial score (nSPS) is 14.6. The lowest BCUT2D eigenvalue weighted by Gasteiger charge is -2.14. The van der Waals surface area contributed by atoms with E-state index < -0.39 is 5.91 Å². The van der Waals surface area contributed by atoms with E-state index in [1.165, 1.54) is 28.0 Å². The minimum absolute atomic E-state index is 0.0414. The van der Waals surface area contributed by atoms with Crippen LogP contribution in [0.15, 0.2) is 15.9 Å². The first-order valence-electron chi connectivity index (χ1n) is 5.32. The predicted octanol–water partition coefficient (Wildman–Crippen LogP) is 1.44. The molecule has 102 valence electrons. The van der Waals surface area contributed by atoms with Crippen LogP contribution in [0, 0.1) is 0 Å². The highest BCUT2D eigenvalue weighted by molar-refractivity contribution is 9.11. The van der Waals surface area contributed by atoms with E-state index in [4.69, 9.17) is 0 Å². The molecule has 1 aromatic rings. The molecule has 2 heterocycles. The van der Waals surface area contributed by atoms with Crippen LogP contribution in [0.25, 0.3) is 0 Å². The second-order valence-corrected chi connectivity index (χ2v) is 7.15. The Hall–Kier alpha value is -1.06. The van der Waals surface area contributed by atoms with Gasteiger partial charge in [-0.25, -0.2) is 0 Å². The first-order chi connectivity index (χ1) is 9.06. The van der Waals surface area contributed by atoms with Gasteiger partial charge in [-0.3, -0.25) is 25.2 Å². The van der Waals surface area contributed by atoms with Crippen LogP contribution in [0.3, 0.4) is 0 Å². The summed E-state index contributed by atoms with van der Waals surface area (Å²) >= 11 is 5.70. The van der Waals surface area contributed by atoms with E-state index in [9.17, 15) is 14.4 Å². The summed E-state index contributed by atoms with van der Waals surface area (Å²) in [7, 11) is 0. The van der Waals surface area contributed by atoms with Gasteiger partial charge in [0.1, 0.15) is 6.54 Å². The topological polar surface area (TPSA) is 78.5 Å². The van der Waals surface area contributed by atoms with Gasteiger partial charge in [0.15, 0.2) is 0 Å². The summed E-state index contributed by atoms with van der Waals surface area (Å²) < 4.78 is 0.837. The van der Waals surface area contributed by atoms with Gasteiger partial charge < -0.3 is 4.90 Å². The summed E-state index contributed by atoms with van der Waals surface area (Å²) in [4.78, 5) is 36.4. The van der Waals surface area contributed by atoms with Gasteiger partial charge >= 0.3 is 0 Å². The average Bonchev–Trinajstić information content (AvgIpc) is 2.96. The number of thiophene rings is 1. The summed E-state index contributed by atoms with van der Waals surface area (Å²) in [6.45, 7) is 0.517. The quantitative estimate of drug-likeness (QED) is 0.796. The second kappa shape index (κ2) is 6.40. The van der Waals surface area contributed by atoms with Crippen LogP contribution in [0.1, 0.15) is 9.67 Å². The van der Waals surface area contributed by atoms with Crippen molar-refractivity contribution in [1.29, 1.82) is 0 Å². The van der Waals surface area contributed by atoms with Gasteiger partial charge in [0.05, 0.1) is 8.66 Å². The lowest BCUT2D eigenvalue weighted by molar-refractivity contribution is -0.122. The van der Waals surface area contributed by atoms with E-state index in [-0.39, 0.29) is 17.7 Å². The Labute approximate surface area is 126 Å². The third-order valence-corrected chi connectivity index (χ3v) is 4.81. The summed E-state index contributed by atoms with van der Waals surface area (Å²) in [5.41, 5.74) is 4.59. The first kappa shape index (κ1) is 14.4. The highest BCUT2D eigenvalue weighted by Crippen LogP contribution is 2.21. The van der Waals surface area contributed by atoms with Crippen molar-refractivity contribution in [2.75, 3.05) is 18.8 Å². The van der Waals surface area contributed by atoms with Crippen molar-refractivity contribution in [3.63, 3.8) is 0 Å². The molecular weight excluding hydrogens is 354 g/mol. The molecular formula is C10H10BrN3O3S2. The number of amides is 3. The number of rotatable bonds is 3. The van der Waals surface area contributed by atoms with Crippen LogP contribution in [-0.4, -0.2) is 40.8 Å². The molecule has 0 atom stereocenters. The van der Waals surface area contributed by atoms with Gasteiger partial charge in [-0.1, -0.05) is 11.8 Å². The largest absolute Gasteiger partial charge is 0.323 e. The molecule has 0 unspecified atom stereocenters. The van der Waals surface area contributed by atoms with E-state index in [2.05, 4.69) is 26.8 Å². The number of carbonyl (C=O) groups excluding carboxylic acids is 3. The number of carbonyl (C=O) groups is 3. The summed E-state index contributed by atoms with van der Waals surface area (Å²) in [6.07, 6.45) is 0. The zero-order valence-corrected chi connectivity index (χ0v) is 12.9. The average molecular weight is 364 g/mol. The van der Waals surface area contributed by atoms with Crippen LogP contribution in [-0.2, 0) is 4.79 Å². The molecule has 6 nitrogen and oxygen atoms in total. The number of thioether (sulfide) groups is 1. The lowest BCUT2D eigenvalue weighted by Crippen LogP contribution is -2.46. The Balaban J connectivity index is 1.77. The van der Waals surface area contributed by atoms with Crippen LogP contribution in [0.2, 0.25) is 0 Å². The molecule has 1 aliphatic rings. The van der Waals surface area contributed by atoms with Crippen LogP contribution < -0.4 is 10.9 Å². The summed E-state index contributed by atoms with van der Waals surface area (Å²) in [5, 5.41) is -0.108. The number of hydrogen-bond acceptors (Lipinski definition) is 5. The zero-order chi connectivity index (χ0) is 13.8. The fourth-order valence-electron chi connectivity index (χ4n) is 1.41. The highest BCUT2D eigenvalue weighted by atomic mass is 79.9. The minimum atomic E-state index is -0.417. The molecule has 0 bridgehead atoms. The fraction of sp³-hybridized carbons (Fsp3) is 0.300. The number of hydrogen-bond donors (Lipinski definition) is 2. The van der Waals surface area contributed by atoms with Crippen molar-refractivity contribution in [2.45, 2.75) is 0 Å². The standard InChI is InChI=1S/C10H10BrN3O3S2/c11-7-2-1-6(19-7)9(16)13-12-8(15)5-14-3-4-18-10(14)17/h1-2H,3-5H2,(H,12,15)(H,13,16). The number of hydrazine groups is 1. The molecule has 0 aliphatic carbocycles. The lowest BCUT2D eigenvalue weighted by atomic mass is 10.4. The molecule has 19 heavy (non-hydrogen) atoms. The number of nitrogens with zero attached hydrogens (tertiary/aromatic N) is 1. The maximum Gasteiger partial charge on any atom is 0.282 e. The predicted molar refractivity (Wildman–Crippen MR) is 77.1 cm³/mol. The van der Waals surface area contributed by atoms with Crippen LogP contribution in [0.4, 0.5) is 4.79 Å². The van der Waals surface area contributed by atoms with Gasteiger partial charge in [-0.05, 0) is 28.1 Å². The van der Waals surface area contributed by atoms with Crippen molar-refractivity contribution in [2.24, 2.45) is 0 Å². The molecule has 0 radical (unpaired) electrons. The van der Waals surface area contributed by atoms with E-state index in [0.717, 1.165) is 3.79 Å². The molecule has 0 spiro atoms. The van der Waals surface area contributed by atoms with Gasteiger partial charge in [0.25, 0.3) is 17.1 Å². The summed E-state index contributed by atoms with van der Waals surface area (Å²) in [5.74, 6) is -0.104. The van der Waals surface area contributed by atoms with Crippen LogP contribution >= 0.6 is 39.0 Å². The molecule has 1 saturated heterocycles. The molecule has 1 fully saturated rings. The SMILES string of the molecule is O=C(CN1CCSC1=O)NNC(=O)c1ccc(Br)s1. The molecule has 1 aliphatic heterocycles. The van der Waals surface area contributed by atoms with Gasteiger partial charge in [-0.15, -0.1) is 11.3 Å². The number of nitrogens with one attached hydrogen (secondary N) is 2. The third-order valence-electron chi connectivity index (χ3n) is 2.29.